The van der Waals surface area contributed by atoms with Gasteiger partial charge in [0, 0.05) is 6.42 Å². The summed E-state index contributed by atoms with van der Waals surface area (Å²) in [6.07, 6.45) is 3.97. The molecule has 0 rings (SSSR count). The maximum atomic E-state index is 11.6. The molecule has 0 saturated heterocycles. The van der Waals surface area contributed by atoms with Gasteiger partial charge in [0.05, 0.1) is 13.2 Å². The van der Waals surface area contributed by atoms with Crippen LogP contribution in [0.3, 0.4) is 0 Å². The van der Waals surface area contributed by atoms with Crippen LogP contribution in [-0.4, -0.2) is 13.2 Å². The van der Waals surface area contributed by atoms with Crippen LogP contribution in [0.5, 0.6) is 0 Å². The van der Waals surface area contributed by atoms with Crippen LogP contribution in [0.4, 0.5) is 0 Å². The molecule has 0 heterocycles. The van der Waals surface area contributed by atoms with Crippen LogP contribution in [0.15, 0.2) is 0 Å². The zero-order valence-corrected chi connectivity index (χ0v) is 9.80. The van der Waals surface area contributed by atoms with Gasteiger partial charge in [-0.05, 0) is 20.3 Å². The molecule has 0 atom stereocenters. The summed E-state index contributed by atoms with van der Waals surface area (Å²) in [7, 11) is -3.43. The van der Waals surface area contributed by atoms with Crippen LogP contribution in [0, 0.1) is 12.0 Å². The van der Waals surface area contributed by atoms with E-state index in [9.17, 15) is 4.57 Å². The lowest BCUT2D eigenvalue weighted by Crippen LogP contribution is -1.96. The second kappa shape index (κ2) is 7.87. The fourth-order valence-electron chi connectivity index (χ4n) is 0.670. The van der Waals surface area contributed by atoms with Gasteiger partial charge in [-0.3, -0.25) is 9.05 Å². The van der Waals surface area contributed by atoms with Crippen molar-refractivity contribution < 1.29 is 18.1 Å². The van der Waals surface area contributed by atoms with Crippen LogP contribution in [-0.2, 0) is 18.1 Å². The fourth-order valence-corrected chi connectivity index (χ4v) is 1.66. The highest BCUT2D eigenvalue weighted by Crippen LogP contribution is 2.48. The molecule has 0 aromatic rings. The van der Waals surface area contributed by atoms with E-state index in [1.807, 2.05) is 6.92 Å². The van der Waals surface area contributed by atoms with Gasteiger partial charge in [-0.25, -0.2) is 4.57 Å². The quantitative estimate of drug-likeness (QED) is 0.510. The van der Waals surface area contributed by atoms with Crippen molar-refractivity contribution in [1.29, 1.82) is 0 Å². The third-order valence-electron chi connectivity index (χ3n) is 1.18. The molecule has 0 aliphatic rings. The Labute approximate surface area is 85.5 Å². The molecule has 5 heteroatoms. The summed E-state index contributed by atoms with van der Waals surface area (Å²) in [5, 5.41) is 0. The zero-order valence-electron chi connectivity index (χ0n) is 8.91. The Bertz CT molecular complexity index is 231. The average Bonchev–Trinajstić information content (AvgIpc) is 2.13. The van der Waals surface area contributed by atoms with E-state index in [-0.39, 0.29) is 13.2 Å². The van der Waals surface area contributed by atoms with Gasteiger partial charge in [-0.15, -0.1) is 0 Å². The van der Waals surface area contributed by atoms with Crippen molar-refractivity contribution in [3.05, 3.63) is 0 Å². The van der Waals surface area contributed by atoms with Crippen molar-refractivity contribution in [3.8, 4) is 12.0 Å². The normalized spacial score (nSPS) is 10.5. The van der Waals surface area contributed by atoms with Gasteiger partial charge in [0.1, 0.15) is 6.11 Å². The van der Waals surface area contributed by atoms with Crippen LogP contribution in [0.2, 0.25) is 0 Å². The molecule has 4 nitrogen and oxygen atoms in total. The number of hydrogen-bond donors (Lipinski definition) is 0. The number of rotatable bonds is 6. The van der Waals surface area contributed by atoms with Crippen molar-refractivity contribution in [2.24, 2.45) is 0 Å². The van der Waals surface area contributed by atoms with E-state index in [1.165, 1.54) is 0 Å². The van der Waals surface area contributed by atoms with Crippen LogP contribution < -0.4 is 0 Å². The van der Waals surface area contributed by atoms with Gasteiger partial charge >= 0.3 is 7.82 Å². The van der Waals surface area contributed by atoms with Crippen molar-refractivity contribution in [1.82, 2.24) is 0 Å². The first kappa shape index (κ1) is 13.5. The van der Waals surface area contributed by atoms with E-state index in [0.717, 1.165) is 6.42 Å². The summed E-state index contributed by atoms with van der Waals surface area (Å²) >= 11 is 0. The van der Waals surface area contributed by atoms with E-state index in [4.69, 9.17) is 13.6 Å². The van der Waals surface area contributed by atoms with Crippen molar-refractivity contribution in [2.45, 2.75) is 33.6 Å². The first-order valence-electron chi connectivity index (χ1n) is 4.74. The molecule has 0 unspecified atom stereocenters. The van der Waals surface area contributed by atoms with Crippen LogP contribution >= 0.6 is 7.82 Å². The molecular formula is C9H17O4P. The fraction of sp³-hybridized carbons (Fsp3) is 0.778. The standard InChI is InChI=1S/C9H17O4P/c1-4-7-8-9-13-14(10,11-5-2)12-6-3/h4-7H2,1-3H3. The molecule has 0 spiro atoms. The Hall–Kier alpha value is -0.490. The first-order valence-corrected chi connectivity index (χ1v) is 6.20. The summed E-state index contributed by atoms with van der Waals surface area (Å²) in [5.74, 6) is 2.70. The molecule has 82 valence electrons. The van der Waals surface area contributed by atoms with E-state index in [2.05, 4.69) is 12.0 Å². The smallest absolute Gasteiger partial charge is 0.350 e. The predicted octanol–water partition coefficient (Wildman–Crippen LogP) is 2.95. The summed E-state index contributed by atoms with van der Waals surface area (Å²) in [6.45, 7) is 5.97. The molecule has 0 N–H and O–H groups in total. The van der Waals surface area contributed by atoms with Gasteiger partial charge < -0.3 is 4.52 Å². The monoisotopic (exact) mass is 220 g/mol. The molecular weight excluding hydrogens is 203 g/mol. The van der Waals surface area contributed by atoms with E-state index < -0.39 is 7.82 Å². The third-order valence-corrected chi connectivity index (χ3v) is 2.64. The SMILES string of the molecule is CCCC#COP(=O)(OCC)OCC. The summed E-state index contributed by atoms with van der Waals surface area (Å²) in [4.78, 5) is 0. The van der Waals surface area contributed by atoms with E-state index in [0.29, 0.717) is 6.42 Å². The lowest BCUT2D eigenvalue weighted by molar-refractivity contribution is 0.159. The Balaban J connectivity index is 4.10. The second-order valence-electron chi connectivity index (χ2n) is 2.40. The van der Waals surface area contributed by atoms with Crippen molar-refractivity contribution in [3.63, 3.8) is 0 Å². The Morgan fingerprint density at radius 1 is 1.14 bits per heavy atom. The molecule has 0 aromatic carbocycles. The van der Waals surface area contributed by atoms with Gasteiger partial charge in [0.2, 0.25) is 0 Å². The van der Waals surface area contributed by atoms with E-state index in [1.54, 1.807) is 13.8 Å². The summed E-state index contributed by atoms with van der Waals surface area (Å²) < 4.78 is 26.1. The van der Waals surface area contributed by atoms with Gasteiger partial charge in [0.25, 0.3) is 0 Å². The molecule has 0 amide bonds. The molecule has 0 aliphatic carbocycles. The topological polar surface area (TPSA) is 44.8 Å². The second-order valence-corrected chi connectivity index (χ2v) is 4.00. The maximum Gasteiger partial charge on any atom is 0.538 e. The zero-order chi connectivity index (χ0) is 10.9. The molecule has 0 aliphatic heterocycles. The minimum atomic E-state index is -3.43. The van der Waals surface area contributed by atoms with Crippen LogP contribution in [0.25, 0.3) is 0 Å². The minimum Gasteiger partial charge on any atom is -0.350 e. The summed E-state index contributed by atoms with van der Waals surface area (Å²) in [6, 6.07) is 0. The van der Waals surface area contributed by atoms with Crippen molar-refractivity contribution in [2.75, 3.05) is 13.2 Å². The van der Waals surface area contributed by atoms with Gasteiger partial charge in [-0.2, -0.15) is 0 Å². The van der Waals surface area contributed by atoms with Crippen molar-refractivity contribution >= 4 is 7.82 Å². The lowest BCUT2D eigenvalue weighted by Gasteiger charge is -2.12. The number of hydrogen-bond acceptors (Lipinski definition) is 4. The Morgan fingerprint density at radius 3 is 2.14 bits per heavy atom. The molecule has 14 heavy (non-hydrogen) atoms. The number of phosphoric acid groups is 1. The minimum absolute atomic E-state index is 0.271. The summed E-state index contributed by atoms with van der Waals surface area (Å²) in [5.41, 5.74) is 0. The van der Waals surface area contributed by atoms with E-state index >= 15 is 0 Å². The maximum absolute atomic E-state index is 11.6. The Morgan fingerprint density at radius 2 is 1.71 bits per heavy atom. The Kier molecular flexibility index (Phi) is 7.60. The lowest BCUT2D eigenvalue weighted by atomic mass is 10.4. The highest BCUT2D eigenvalue weighted by Gasteiger charge is 2.25. The number of unbranched alkanes of at least 4 members (excludes halogenated alkanes) is 1. The molecule has 0 bridgehead atoms. The predicted molar refractivity (Wildman–Crippen MR) is 54.6 cm³/mol. The highest BCUT2D eigenvalue weighted by atomic mass is 31.2. The van der Waals surface area contributed by atoms with Gasteiger partial charge in [0.15, 0.2) is 0 Å². The average molecular weight is 220 g/mol. The van der Waals surface area contributed by atoms with Gasteiger partial charge in [-0.1, -0.05) is 12.8 Å². The number of phosphoric ester groups is 1. The largest absolute Gasteiger partial charge is 0.538 e. The third kappa shape index (κ3) is 6.04. The molecule has 0 aromatic heterocycles. The first-order chi connectivity index (χ1) is 6.68. The molecule has 0 fully saturated rings. The molecule has 0 saturated carbocycles. The van der Waals surface area contributed by atoms with Crippen LogP contribution in [0.1, 0.15) is 33.6 Å². The molecule has 0 radical (unpaired) electrons. The highest BCUT2D eigenvalue weighted by molar-refractivity contribution is 7.48.